The zero-order valence-corrected chi connectivity index (χ0v) is 16.9. The molecule has 0 amide bonds. The number of benzene rings is 2. The van der Waals surface area contributed by atoms with Crippen LogP contribution in [0.4, 0.5) is 5.95 Å². The molecule has 0 spiro atoms. The van der Waals surface area contributed by atoms with Gasteiger partial charge in [0.05, 0.1) is 14.2 Å². The number of carbonyl (C=O) groups excluding carboxylic acids is 1. The van der Waals surface area contributed by atoms with Crippen LogP contribution in [0.2, 0.25) is 0 Å². The van der Waals surface area contributed by atoms with E-state index in [0.29, 0.717) is 25.3 Å². The van der Waals surface area contributed by atoms with E-state index in [-0.39, 0.29) is 5.97 Å². The summed E-state index contributed by atoms with van der Waals surface area (Å²) < 4.78 is 10.1. The summed E-state index contributed by atoms with van der Waals surface area (Å²) in [5.41, 5.74) is 5.21. The second-order valence-corrected chi connectivity index (χ2v) is 6.74. The van der Waals surface area contributed by atoms with Crippen molar-refractivity contribution in [1.29, 1.82) is 0 Å². The molecule has 0 atom stereocenters. The Labute approximate surface area is 170 Å². The molecule has 0 saturated heterocycles. The summed E-state index contributed by atoms with van der Waals surface area (Å²) in [4.78, 5) is 20.3. The maximum absolute atomic E-state index is 11.5. The predicted octanol–water partition coefficient (Wildman–Crippen LogP) is 4.18. The number of hydrogen-bond donors (Lipinski definition) is 1. The number of aryl methyl sites for hydroxylation is 2. The first-order valence-corrected chi connectivity index (χ1v) is 9.44. The molecule has 6 heteroatoms. The largest absolute Gasteiger partial charge is 0.496 e. The Balaban J connectivity index is 1.70. The number of anilines is 1. The van der Waals surface area contributed by atoms with Crippen molar-refractivity contribution >= 4 is 11.9 Å². The highest BCUT2D eigenvalue weighted by Gasteiger charge is 2.10. The molecule has 150 valence electrons. The standard InChI is InChI=1S/C23H25N3O3/c1-16-5-4-6-17(11-16)13-24-23-25-14-20(15-26-23)18-7-9-21(28-2)19(12-18)8-10-22(27)29-3/h4-7,9,11-12,14-15H,8,10,13H2,1-3H3,(H,24,25,26). The van der Waals surface area contributed by atoms with Crippen molar-refractivity contribution in [3.05, 3.63) is 71.5 Å². The van der Waals surface area contributed by atoms with Gasteiger partial charge in [0.25, 0.3) is 0 Å². The molecule has 3 aromatic rings. The first-order chi connectivity index (χ1) is 14.1. The van der Waals surface area contributed by atoms with Crippen molar-refractivity contribution < 1.29 is 14.3 Å². The van der Waals surface area contributed by atoms with Crippen LogP contribution >= 0.6 is 0 Å². The van der Waals surface area contributed by atoms with E-state index in [9.17, 15) is 4.79 Å². The molecule has 0 saturated carbocycles. The molecule has 6 nitrogen and oxygen atoms in total. The van der Waals surface area contributed by atoms with E-state index in [2.05, 4.69) is 40.4 Å². The number of hydrogen-bond acceptors (Lipinski definition) is 6. The Morgan fingerprint density at radius 1 is 1.03 bits per heavy atom. The van der Waals surface area contributed by atoms with Crippen LogP contribution in [0.1, 0.15) is 23.1 Å². The van der Waals surface area contributed by atoms with Crippen LogP contribution in [-0.2, 0) is 22.5 Å². The van der Waals surface area contributed by atoms with Gasteiger partial charge in [0.15, 0.2) is 0 Å². The number of rotatable bonds is 8. The van der Waals surface area contributed by atoms with Crippen molar-refractivity contribution in [2.45, 2.75) is 26.3 Å². The number of ether oxygens (including phenoxy) is 2. The third-order valence-electron chi connectivity index (χ3n) is 4.62. The lowest BCUT2D eigenvalue weighted by molar-refractivity contribution is -0.140. The fourth-order valence-corrected chi connectivity index (χ4v) is 3.06. The molecule has 0 aliphatic rings. The molecule has 1 aromatic heterocycles. The van der Waals surface area contributed by atoms with Gasteiger partial charge in [-0.25, -0.2) is 9.97 Å². The smallest absolute Gasteiger partial charge is 0.305 e. The summed E-state index contributed by atoms with van der Waals surface area (Å²) in [7, 11) is 3.01. The zero-order valence-electron chi connectivity index (χ0n) is 16.9. The lowest BCUT2D eigenvalue weighted by Crippen LogP contribution is -2.04. The van der Waals surface area contributed by atoms with Crippen molar-refractivity contribution in [2.75, 3.05) is 19.5 Å². The van der Waals surface area contributed by atoms with Crippen LogP contribution in [0.15, 0.2) is 54.9 Å². The molecule has 0 fully saturated rings. The molecule has 2 aromatic carbocycles. The van der Waals surface area contributed by atoms with Gasteiger partial charge in [0.1, 0.15) is 5.75 Å². The van der Waals surface area contributed by atoms with E-state index in [4.69, 9.17) is 9.47 Å². The minimum Gasteiger partial charge on any atom is -0.496 e. The highest BCUT2D eigenvalue weighted by Crippen LogP contribution is 2.27. The summed E-state index contributed by atoms with van der Waals surface area (Å²) in [6, 6.07) is 14.2. The number of carbonyl (C=O) groups is 1. The highest BCUT2D eigenvalue weighted by atomic mass is 16.5. The monoisotopic (exact) mass is 391 g/mol. The van der Waals surface area contributed by atoms with Gasteiger partial charge in [-0.2, -0.15) is 0 Å². The lowest BCUT2D eigenvalue weighted by Gasteiger charge is -2.11. The topological polar surface area (TPSA) is 73.3 Å². The van der Waals surface area contributed by atoms with Gasteiger partial charge in [-0.15, -0.1) is 0 Å². The van der Waals surface area contributed by atoms with E-state index >= 15 is 0 Å². The molecule has 0 aliphatic heterocycles. The molecule has 0 radical (unpaired) electrons. The fourth-order valence-electron chi connectivity index (χ4n) is 3.06. The molecule has 0 bridgehead atoms. The molecule has 1 N–H and O–H groups in total. The second kappa shape index (κ2) is 9.68. The van der Waals surface area contributed by atoms with Gasteiger partial charge in [0, 0.05) is 30.9 Å². The molecular weight excluding hydrogens is 366 g/mol. The third-order valence-corrected chi connectivity index (χ3v) is 4.62. The second-order valence-electron chi connectivity index (χ2n) is 6.74. The summed E-state index contributed by atoms with van der Waals surface area (Å²) in [5, 5.41) is 3.24. The van der Waals surface area contributed by atoms with E-state index in [0.717, 1.165) is 22.4 Å². The van der Waals surface area contributed by atoms with Crippen molar-refractivity contribution in [3.63, 3.8) is 0 Å². The van der Waals surface area contributed by atoms with Crippen LogP contribution in [0.25, 0.3) is 11.1 Å². The SMILES string of the molecule is COC(=O)CCc1cc(-c2cnc(NCc3cccc(C)c3)nc2)ccc1OC. The van der Waals surface area contributed by atoms with Crippen LogP contribution in [0, 0.1) is 6.92 Å². The summed E-state index contributed by atoms with van der Waals surface area (Å²) in [6.07, 6.45) is 4.42. The van der Waals surface area contributed by atoms with Gasteiger partial charge in [-0.05, 0) is 42.2 Å². The molecule has 0 aliphatic carbocycles. The Morgan fingerprint density at radius 2 is 1.83 bits per heavy atom. The molecule has 29 heavy (non-hydrogen) atoms. The number of methoxy groups -OCH3 is 2. The van der Waals surface area contributed by atoms with Crippen LogP contribution in [-0.4, -0.2) is 30.2 Å². The van der Waals surface area contributed by atoms with Gasteiger partial charge in [0.2, 0.25) is 5.95 Å². The first-order valence-electron chi connectivity index (χ1n) is 9.44. The minimum atomic E-state index is -0.246. The Bertz CT molecular complexity index is 971. The Hall–Kier alpha value is -3.41. The minimum absolute atomic E-state index is 0.246. The number of nitrogens with one attached hydrogen (secondary N) is 1. The molecule has 1 heterocycles. The first kappa shape index (κ1) is 20.3. The van der Waals surface area contributed by atoms with E-state index in [1.165, 1.54) is 18.2 Å². The van der Waals surface area contributed by atoms with E-state index < -0.39 is 0 Å². The van der Waals surface area contributed by atoms with Crippen LogP contribution < -0.4 is 10.1 Å². The maximum atomic E-state index is 11.5. The molecule has 3 rings (SSSR count). The van der Waals surface area contributed by atoms with Crippen LogP contribution in [0.3, 0.4) is 0 Å². The Morgan fingerprint density at radius 3 is 2.52 bits per heavy atom. The predicted molar refractivity (Wildman–Crippen MR) is 113 cm³/mol. The average Bonchev–Trinajstić information content (AvgIpc) is 2.76. The van der Waals surface area contributed by atoms with Gasteiger partial charge >= 0.3 is 5.97 Å². The molecular formula is C23H25N3O3. The van der Waals surface area contributed by atoms with Crippen molar-refractivity contribution in [3.8, 4) is 16.9 Å². The van der Waals surface area contributed by atoms with Crippen molar-refractivity contribution in [1.82, 2.24) is 9.97 Å². The van der Waals surface area contributed by atoms with E-state index in [1.54, 1.807) is 19.5 Å². The van der Waals surface area contributed by atoms with Gasteiger partial charge in [-0.3, -0.25) is 4.79 Å². The number of aromatic nitrogens is 2. The fraction of sp³-hybridized carbons (Fsp3) is 0.261. The van der Waals surface area contributed by atoms with E-state index in [1.807, 2.05) is 24.3 Å². The van der Waals surface area contributed by atoms with Gasteiger partial charge < -0.3 is 14.8 Å². The average molecular weight is 391 g/mol. The van der Waals surface area contributed by atoms with Crippen molar-refractivity contribution in [2.24, 2.45) is 0 Å². The van der Waals surface area contributed by atoms with Crippen LogP contribution in [0.5, 0.6) is 5.75 Å². The lowest BCUT2D eigenvalue weighted by atomic mass is 10.0. The summed E-state index contributed by atoms with van der Waals surface area (Å²) in [5.74, 6) is 1.08. The summed E-state index contributed by atoms with van der Waals surface area (Å²) in [6.45, 7) is 2.74. The maximum Gasteiger partial charge on any atom is 0.305 e. The third kappa shape index (κ3) is 5.54. The zero-order chi connectivity index (χ0) is 20.6. The highest BCUT2D eigenvalue weighted by molar-refractivity contribution is 5.70. The number of nitrogens with zero attached hydrogens (tertiary/aromatic N) is 2. The van der Waals surface area contributed by atoms with Gasteiger partial charge in [-0.1, -0.05) is 35.9 Å². The quantitative estimate of drug-likeness (QED) is 0.581. The molecule has 0 unspecified atom stereocenters. The number of esters is 1. The normalized spacial score (nSPS) is 10.4. The Kier molecular flexibility index (Phi) is 6.79. The summed E-state index contributed by atoms with van der Waals surface area (Å²) >= 11 is 0.